The van der Waals surface area contributed by atoms with Crippen LogP contribution in [-0.4, -0.2) is 52.7 Å². The summed E-state index contributed by atoms with van der Waals surface area (Å²) in [7, 11) is -6.01. The third kappa shape index (κ3) is 4.54. The number of anilines is 1. The van der Waals surface area contributed by atoms with Crippen molar-refractivity contribution >= 4 is 29.9 Å². The first-order valence-electron chi connectivity index (χ1n) is 10.5. The lowest BCUT2D eigenvalue weighted by molar-refractivity contribution is -0.129. The van der Waals surface area contributed by atoms with Crippen LogP contribution in [0.1, 0.15) is 46.5 Å². The van der Waals surface area contributed by atoms with Crippen LogP contribution in [0.2, 0.25) is 18.1 Å². The third-order valence-corrected chi connectivity index (χ3v) is 12.8. The molecule has 0 saturated carbocycles. The molecule has 2 aliphatic rings. The summed E-state index contributed by atoms with van der Waals surface area (Å²) < 4.78 is 33.4. The van der Waals surface area contributed by atoms with Gasteiger partial charge in [-0.3, -0.25) is 4.79 Å². The first-order chi connectivity index (χ1) is 13.4. The molecule has 0 spiro atoms. The van der Waals surface area contributed by atoms with Crippen molar-refractivity contribution in [3.63, 3.8) is 0 Å². The van der Waals surface area contributed by atoms with Crippen LogP contribution in [0.15, 0.2) is 29.2 Å². The molecular weight excluding hydrogens is 404 g/mol. The molecular formula is C21H34N2O4SSi. The number of amides is 1. The van der Waals surface area contributed by atoms with Crippen molar-refractivity contribution in [2.45, 2.75) is 75.6 Å². The fourth-order valence-electron chi connectivity index (χ4n) is 3.62. The summed E-state index contributed by atoms with van der Waals surface area (Å²) in [6, 6.07) is 6.94. The van der Waals surface area contributed by atoms with E-state index in [1.54, 1.807) is 12.1 Å². The number of sulfonamides is 1. The summed E-state index contributed by atoms with van der Waals surface area (Å²) in [4.78, 5) is 15.3. The Morgan fingerprint density at radius 3 is 2.14 bits per heavy atom. The molecule has 2 aliphatic heterocycles. The Morgan fingerprint density at radius 2 is 1.59 bits per heavy atom. The van der Waals surface area contributed by atoms with E-state index in [0.29, 0.717) is 6.42 Å². The van der Waals surface area contributed by atoms with Gasteiger partial charge in [0.05, 0.1) is 4.90 Å². The molecule has 162 valence electrons. The van der Waals surface area contributed by atoms with Gasteiger partial charge in [0.2, 0.25) is 0 Å². The lowest BCUT2D eigenvalue weighted by atomic mass is 10.1. The van der Waals surface area contributed by atoms with Crippen LogP contribution in [0, 0.1) is 0 Å². The Balaban J connectivity index is 1.73. The zero-order chi connectivity index (χ0) is 21.4. The zero-order valence-corrected chi connectivity index (χ0v) is 20.1. The molecule has 29 heavy (non-hydrogen) atoms. The summed E-state index contributed by atoms with van der Waals surface area (Å²) in [5, 5.41) is -0.0378. The van der Waals surface area contributed by atoms with Gasteiger partial charge < -0.3 is 9.33 Å². The Morgan fingerprint density at radius 1 is 1.00 bits per heavy atom. The maximum absolute atomic E-state index is 13.1. The molecule has 2 saturated heterocycles. The van der Waals surface area contributed by atoms with Crippen molar-refractivity contribution in [2.24, 2.45) is 0 Å². The van der Waals surface area contributed by atoms with Gasteiger partial charge in [0.15, 0.2) is 8.32 Å². The molecule has 1 amide bonds. The number of hydrogen-bond acceptors (Lipinski definition) is 5. The predicted molar refractivity (Wildman–Crippen MR) is 118 cm³/mol. The smallest absolute Gasteiger partial charge is 0.266 e. The van der Waals surface area contributed by atoms with E-state index in [0.717, 1.165) is 35.9 Å². The topological polar surface area (TPSA) is 66.9 Å². The Labute approximate surface area is 176 Å². The largest absolute Gasteiger partial charge is 0.405 e. The fraction of sp³-hybridized carbons (Fsp3) is 0.667. The van der Waals surface area contributed by atoms with Crippen LogP contribution >= 0.6 is 0 Å². The second kappa shape index (κ2) is 8.04. The average molecular weight is 439 g/mol. The second-order valence-corrected chi connectivity index (χ2v) is 16.2. The van der Waals surface area contributed by atoms with Gasteiger partial charge in [-0.25, -0.2) is 12.7 Å². The zero-order valence-electron chi connectivity index (χ0n) is 18.3. The Kier molecular flexibility index (Phi) is 6.18. The van der Waals surface area contributed by atoms with E-state index >= 15 is 0 Å². The molecule has 3 rings (SSSR count). The highest BCUT2D eigenvalue weighted by Crippen LogP contribution is 2.39. The van der Waals surface area contributed by atoms with Gasteiger partial charge in [0.1, 0.15) is 6.10 Å². The minimum Gasteiger partial charge on any atom is -0.405 e. The monoisotopic (exact) mass is 438 g/mol. The summed E-state index contributed by atoms with van der Waals surface area (Å²) in [6.07, 6.45) is 3.32. The van der Waals surface area contributed by atoms with Gasteiger partial charge in [-0.2, -0.15) is 0 Å². The number of carbonyl (C=O) groups excluding carboxylic acids is 1. The van der Waals surface area contributed by atoms with Crippen molar-refractivity contribution in [1.82, 2.24) is 4.31 Å². The molecule has 0 aromatic heterocycles. The van der Waals surface area contributed by atoms with Crippen LogP contribution in [0.25, 0.3) is 0 Å². The van der Waals surface area contributed by atoms with Crippen molar-refractivity contribution in [2.75, 3.05) is 24.5 Å². The molecule has 0 radical (unpaired) electrons. The van der Waals surface area contributed by atoms with E-state index in [1.165, 1.54) is 6.42 Å². The van der Waals surface area contributed by atoms with Crippen molar-refractivity contribution in [3.05, 3.63) is 24.3 Å². The lowest BCUT2D eigenvalue weighted by Gasteiger charge is -2.37. The van der Waals surface area contributed by atoms with Gasteiger partial charge in [0.25, 0.3) is 15.9 Å². The van der Waals surface area contributed by atoms with Crippen LogP contribution in [-0.2, 0) is 19.2 Å². The van der Waals surface area contributed by atoms with E-state index in [2.05, 4.69) is 38.8 Å². The van der Waals surface area contributed by atoms with Crippen molar-refractivity contribution < 1.29 is 17.6 Å². The number of piperidine rings is 1. The minimum atomic E-state index is -3.86. The summed E-state index contributed by atoms with van der Waals surface area (Å²) >= 11 is 0. The molecule has 8 heteroatoms. The average Bonchev–Trinajstić information content (AvgIpc) is 3.02. The first kappa shape index (κ1) is 22.3. The second-order valence-electron chi connectivity index (χ2n) is 9.61. The molecule has 0 bridgehead atoms. The van der Waals surface area contributed by atoms with E-state index in [9.17, 15) is 13.2 Å². The lowest BCUT2D eigenvalue weighted by Crippen LogP contribution is -2.46. The van der Waals surface area contributed by atoms with Crippen LogP contribution in [0.3, 0.4) is 0 Å². The maximum atomic E-state index is 13.1. The third-order valence-electron chi connectivity index (χ3n) is 6.50. The molecule has 1 aromatic rings. The molecule has 2 fully saturated rings. The Hall–Kier alpha value is -1.38. The highest BCUT2D eigenvalue weighted by Gasteiger charge is 2.46. The van der Waals surface area contributed by atoms with Gasteiger partial charge in [0, 0.05) is 31.7 Å². The summed E-state index contributed by atoms with van der Waals surface area (Å²) in [5.74, 6) is -0.435. The number of carbonyl (C=O) groups is 1. The standard InChI is InChI=1S/C21H34N2O4SSi/c1-21(2,3)29(4,5)27-19-13-16-23(20(19)24)28(25,26)18-11-9-17(10-12-18)22-14-7-6-8-15-22/h9-12,19H,6-8,13-16H2,1-5H3. The molecule has 6 nitrogen and oxygen atoms in total. The molecule has 0 N–H and O–H groups in total. The summed E-state index contributed by atoms with van der Waals surface area (Å²) in [5.41, 5.74) is 1.04. The van der Waals surface area contributed by atoms with Gasteiger partial charge in [-0.15, -0.1) is 0 Å². The van der Waals surface area contributed by atoms with Crippen molar-refractivity contribution in [3.8, 4) is 0 Å². The van der Waals surface area contributed by atoms with Crippen LogP contribution < -0.4 is 4.90 Å². The van der Waals surface area contributed by atoms with Gasteiger partial charge >= 0.3 is 0 Å². The first-order valence-corrected chi connectivity index (χ1v) is 14.9. The van der Waals surface area contributed by atoms with E-state index in [4.69, 9.17) is 4.43 Å². The number of benzene rings is 1. The molecule has 1 atom stereocenters. The quantitative estimate of drug-likeness (QED) is 0.650. The van der Waals surface area contributed by atoms with Gasteiger partial charge in [-0.05, 0) is 61.7 Å². The number of nitrogens with zero attached hydrogens (tertiary/aromatic N) is 2. The molecule has 1 unspecified atom stereocenters. The molecule has 0 aliphatic carbocycles. The normalized spacial score (nSPS) is 21.7. The highest BCUT2D eigenvalue weighted by molar-refractivity contribution is 7.89. The van der Waals surface area contributed by atoms with Crippen molar-refractivity contribution in [1.29, 1.82) is 0 Å². The molecule has 1 aromatic carbocycles. The van der Waals surface area contributed by atoms with Crippen LogP contribution in [0.4, 0.5) is 5.69 Å². The Bertz CT molecular complexity index is 840. The maximum Gasteiger partial charge on any atom is 0.266 e. The van der Waals surface area contributed by atoms with Gasteiger partial charge in [-0.1, -0.05) is 20.8 Å². The molecule has 2 heterocycles. The fourth-order valence-corrected chi connectivity index (χ4v) is 6.34. The van der Waals surface area contributed by atoms with E-state index in [1.807, 2.05) is 12.1 Å². The van der Waals surface area contributed by atoms with E-state index < -0.39 is 30.4 Å². The minimum absolute atomic E-state index is 0.0378. The number of rotatable bonds is 5. The predicted octanol–water partition coefficient (Wildman–Crippen LogP) is 3.99. The SMILES string of the molecule is CC(C)(C)[Si](C)(C)OC1CCN(S(=O)(=O)c2ccc(N3CCCCC3)cc2)C1=O. The highest BCUT2D eigenvalue weighted by atomic mass is 32.2. The van der Waals surface area contributed by atoms with E-state index in [-0.39, 0.29) is 16.5 Å². The number of hydrogen-bond donors (Lipinski definition) is 0. The van der Waals surface area contributed by atoms with Crippen LogP contribution in [0.5, 0.6) is 0 Å². The summed E-state index contributed by atoms with van der Waals surface area (Å²) in [6.45, 7) is 12.7.